The fourth-order valence-corrected chi connectivity index (χ4v) is 4.59. The highest BCUT2D eigenvalue weighted by Crippen LogP contribution is 2.22. The molecule has 0 saturated carbocycles. The normalized spacial score (nSPS) is 23.1. The van der Waals surface area contributed by atoms with Crippen molar-refractivity contribution in [2.24, 2.45) is 0 Å². The maximum absolute atomic E-state index is 12.3. The second kappa shape index (κ2) is 5.06. The number of piperidine rings is 1. The lowest BCUT2D eigenvalue weighted by molar-refractivity contribution is 0.187. The SMILES string of the molecule is CN1CCCC(N(C)S(=O)(=O)c2ccsc2)C1. The summed E-state index contributed by atoms with van der Waals surface area (Å²) in [4.78, 5) is 2.60. The molecule has 0 aromatic carbocycles. The maximum Gasteiger partial charge on any atom is 0.243 e. The minimum atomic E-state index is -3.30. The first-order chi connectivity index (χ1) is 8.01. The van der Waals surface area contributed by atoms with E-state index >= 15 is 0 Å². The molecule has 1 aromatic heterocycles. The maximum atomic E-state index is 12.3. The predicted octanol–water partition coefficient (Wildman–Crippen LogP) is 1.46. The Morgan fingerprint density at radius 1 is 1.53 bits per heavy atom. The Bertz CT molecular complexity index is 456. The third-order valence-corrected chi connectivity index (χ3v) is 6.02. The van der Waals surface area contributed by atoms with Gasteiger partial charge in [0.1, 0.15) is 0 Å². The van der Waals surface area contributed by atoms with Gasteiger partial charge in [-0.3, -0.25) is 0 Å². The molecule has 1 unspecified atom stereocenters. The Morgan fingerprint density at radius 3 is 2.88 bits per heavy atom. The summed E-state index contributed by atoms with van der Waals surface area (Å²) < 4.78 is 26.2. The molecule has 1 saturated heterocycles. The number of nitrogens with zero attached hydrogens (tertiary/aromatic N) is 2. The third-order valence-electron chi connectivity index (χ3n) is 3.29. The first-order valence-electron chi connectivity index (χ1n) is 5.70. The molecule has 0 bridgehead atoms. The Kier molecular flexibility index (Phi) is 3.87. The summed E-state index contributed by atoms with van der Waals surface area (Å²) in [5, 5.41) is 3.49. The zero-order chi connectivity index (χ0) is 12.5. The molecule has 0 radical (unpaired) electrons. The molecule has 0 spiro atoms. The molecule has 0 amide bonds. The fourth-order valence-electron chi connectivity index (χ4n) is 2.20. The molecule has 17 heavy (non-hydrogen) atoms. The highest BCUT2D eigenvalue weighted by Gasteiger charge is 2.30. The van der Waals surface area contributed by atoms with E-state index in [9.17, 15) is 8.42 Å². The number of likely N-dealkylation sites (N-methyl/N-ethyl adjacent to an activating group) is 2. The van der Waals surface area contributed by atoms with Crippen LogP contribution in [0.1, 0.15) is 12.8 Å². The van der Waals surface area contributed by atoms with Crippen LogP contribution in [0.4, 0.5) is 0 Å². The standard InChI is InChI=1S/C11H18N2O2S2/c1-12-6-3-4-10(8-12)13(2)17(14,15)11-5-7-16-9-11/h5,7,9-10H,3-4,6,8H2,1-2H3. The Balaban J connectivity index is 2.17. The molecule has 6 heteroatoms. The van der Waals surface area contributed by atoms with Crippen molar-refractivity contribution in [3.63, 3.8) is 0 Å². The van der Waals surface area contributed by atoms with Crippen LogP contribution in [0.15, 0.2) is 21.7 Å². The number of hydrogen-bond acceptors (Lipinski definition) is 4. The summed E-state index contributed by atoms with van der Waals surface area (Å²) in [6, 6.07) is 1.77. The molecule has 4 nitrogen and oxygen atoms in total. The average molecular weight is 274 g/mol. The van der Waals surface area contributed by atoms with Crippen molar-refractivity contribution in [3.05, 3.63) is 16.8 Å². The van der Waals surface area contributed by atoms with Gasteiger partial charge in [-0.25, -0.2) is 8.42 Å². The van der Waals surface area contributed by atoms with Crippen molar-refractivity contribution in [2.75, 3.05) is 27.2 Å². The minimum absolute atomic E-state index is 0.0960. The molecular weight excluding hydrogens is 256 g/mol. The van der Waals surface area contributed by atoms with Gasteiger partial charge in [0.2, 0.25) is 10.0 Å². The van der Waals surface area contributed by atoms with Crippen LogP contribution in [0.5, 0.6) is 0 Å². The van der Waals surface area contributed by atoms with Gasteiger partial charge < -0.3 is 4.90 Å². The second-order valence-corrected chi connectivity index (χ2v) is 7.32. The summed E-state index contributed by atoms with van der Waals surface area (Å²) in [6.07, 6.45) is 2.01. The largest absolute Gasteiger partial charge is 0.305 e. The van der Waals surface area contributed by atoms with Crippen LogP contribution in [0, 0.1) is 0 Å². The van der Waals surface area contributed by atoms with Crippen LogP contribution >= 0.6 is 11.3 Å². The van der Waals surface area contributed by atoms with Crippen LogP contribution in [0.3, 0.4) is 0 Å². The lowest BCUT2D eigenvalue weighted by Gasteiger charge is -2.34. The lowest BCUT2D eigenvalue weighted by Crippen LogP contribution is -2.47. The van der Waals surface area contributed by atoms with E-state index in [-0.39, 0.29) is 6.04 Å². The minimum Gasteiger partial charge on any atom is -0.305 e. The van der Waals surface area contributed by atoms with Crippen LogP contribution in [0.2, 0.25) is 0 Å². The quantitative estimate of drug-likeness (QED) is 0.838. The summed E-state index contributed by atoms with van der Waals surface area (Å²) in [7, 11) is 0.429. The van der Waals surface area contributed by atoms with E-state index in [0.29, 0.717) is 4.90 Å². The van der Waals surface area contributed by atoms with E-state index in [0.717, 1.165) is 25.9 Å². The van der Waals surface area contributed by atoms with Gasteiger partial charge in [0.25, 0.3) is 0 Å². The van der Waals surface area contributed by atoms with Gasteiger partial charge in [0.05, 0.1) is 4.90 Å². The highest BCUT2D eigenvalue weighted by molar-refractivity contribution is 7.89. The highest BCUT2D eigenvalue weighted by atomic mass is 32.2. The Hall–Kier alpha value is -0.430. The van der Waals surface area contributed by atoms with E-state index in [4.69, 9.17) is 0 Å². The average Bonchev–Trinajstić information content (AvgIpc) is 2.82. The van der Waals surface area contributed by atoms with Gasteiger partial charge in [-0.05, 0) is 37.9 Å². The zero-order valence-corrected chi connectivity index (χ0v) is 11.8. The van der Waals surface area contributed by atoms with Crippen LogP contribution in [0.25, 0.3) is 0 Å². The Morgan fingerprint density at radius 2 is 2.29 bits per heavy atom. The van der Waals surface area contributed by atoms with E-state index in [1.807, 2.05) is 7.05 Å². The van der Waals surface area contributed by atoms with Crippen molar-refractivity contribution in [1.29, 1.82) is 0 Å². The van der Waals surface area contributed by atoms with E-state index < -0.39 is 10.0 Å². The first-order valence-corrected chi connectivity index (χ1v) is 8.09. The fraction of sp³-hybridized carbons (Fsp3) is 0.636. The third kappa shape index (κ3) is 2.70. The molecule has 1 aliphatic heterocycles. The molecule has 1 aromatic rings. The molecule has 0 N–H and O–H groups in total. The predicted molar refractivity (Wildman–Crippen MR) is 69.8 cm³/mol. The monoisotopic (exact) mass is 274 g/mol. The topological polar surface area (TPSA) is 40.6 Å². The van der Waals surface area contributed by atoms with Gasteiger partial charge >= 0.3 is 0 Å². The van der Waals surface area contributed by atoms with Crippen molar-refractivity contribution >= 4 is 21.4 Å². The lowest BCUT2D eigenvalue weighted by atomic mass is 10.1. The van der Waals surface area contributed by atoms with Crippen molar-refractivity contribution < 1.29 is 8.42 Å². The van der Waals surface area contributed by atoms with Gasteiger partial charge in [0, 0.05) is 25.0 Å². The number of thiophene rings is 1. The Labute approximate surface area is 107 Å². The molecule has 96 valence electrons. The molecule has 0 aliphatic carbocycles. The van der Waals surface area contributed by atoms with Crippen molar-refractivity contribution in [3.8, 4) is 0 Å². The molecule has 2 rings (SSSR count). The summed E-state index contributed by atoms with van der Waals surface area (Å²) in [6.45, 7) is 1.88. The van der Waals surface area contributed by atoms with Gasteiger partial charge in [-0.2, -0.15) is 15.6 Å². The molecule has 1 atom stereocenters. The van der Waals surface area contributed by atoms with Crippen LogP contribution in [-0.4, -0.2) is 50.8 Å². The van der Waals surface area contributed by atoms with Gasteiger partial charge in [-0.1, -0.05) is 0 Å². The molecule has 1 aliphatic rings. The van der Waals surface area contributed by atoms with Gasteiger partial charge in [-0.15, -0.1) is 0 Å². The van der Waals surface area contributed by atoms with E-state index in [1.54, 1.807) is 23.9 Å². The molecular formula is C11H18N2O2S2. The summed E-state index contributed by atoms with van der Waals surface area (Å²) in [5.41, 5.74) is 0. The summed E-state index contributed by atoms with van der Waals surface area (Å²) >= 11 is 1.41. The number of rotatable bonds is 3. The van der Waals surface area contributed by atoms with E-state index in [1.165, 1.54) is 15.6 Å². The number of sulfonamides is 1. The smallest absolute Gasteiger partial charge is 0.243 e. The van der Waals surface area contributed by atoms with Crippen LogP contribution in [-0.2, 0) is 10.0 Å². The van der Waals surface area contributed by atoms with E-state index in [2.05, 4.69) is 4.90 Å². The summed E-state index contributed by atoms with van der Waals surface area (Å²) in [5.74, 6) is 0. The first kappa shape index (κ1) is 13.0. The van der Waals surface area contributed by atoms with Crippen molar-refractivity contribution in [2.45, 2.75) is 23.8 Å². The number of hydrogen-bond donors (Lipinski definition) is 0. The number of likely N-dealkylation sites (tertiary alicyclic amines) is 1. The second-order valence-electron chi connectivity index (χ2n) is 4.54. The van der Waals surface area contributed by atoms with Crippen molar-refractivity contribution in [1.82, 2.24) is 9.21 Å². The zero-order valence-electron chi connectivity index (χ0n) is 10.2. The molecule has 2 heterocycles. The van der Waals surface area contributed by atoms with Crippen LogP contribution < -0.4 is 0 Å². The van der Waals surface area contributed by atoms with Gasteiger partial charge in [0.15, 0.2) is 0 Å². The molecule has 1 fully saturated rings.